The second kappa shape index (κ2) is 8.65. The van der Waals surface area contributed by atoms with E-state index in [1.165, 1.54) is 29.3 Å². The Morgan fingerprint density at radius 3 is 2.89 bits per heavy atom. The molecule has 0 unspecified atom stereocenters. The Hall–Kier alpha value is -2.22. The zero-order chi connectivity index (χ0) is 19.4. The molecule has 27 heavy (non-hydrogen) atoms. The number of nitrogens with zero attached hydrogens (tertiary/aromatic N) is 2. The second-order valence-electron chi connectivity index (χ2n) is 5.67. The van der Waals surface area contributed by atoms with Gasteiger partial charge in [-0.2, -0.15) is 0 Å². The van der Waals surface area contributed by atoms with E-state index in [4.69, 9.17) is 11.6 Å². The molecule has 8 heteroatoms. The van der Waals surface area contributed by atoms with Gasteiger partial charge in [0.25, 0.3) is 5.56 Å². The molecule has 0 aliphatic heterocycles. The standard InChI is InChI=1S/C19H16ClN3O2S2/c1-11-8-12(5-6-14(11)20)15(24)10-27-19-22-17(16-4-3-7-26-16)13(9-21-2)18(25)23-19/h3-9H,10H2,1-2H3,(H,22,23,25). The van der Waals surface area contributed by atoms with E-state index in [2.05, 4.69) is 15.0 Å². The number of aliphatic imine (C=N–C) groups is 1. The average molecular weight is 418 g/mol. The van der Waals surface area contributed by atoms with E-state index in [1.54, 1.807) is 25.2 Å². The molecule has 1 N–H and O–H groups in total. The fourth-order valence-corrected chi connectivity index (χ4v) is 4.02. The predicted octanol–water partition coefficient (Wildman–Crippen LogP) is 4.48. The van der Waals surface area contributed by atoms with Crippen LogP contribution in [-0.2, 0) is 0 Å². The summed E-state index contributed by atoms with van der Waals surface area (Å²) >= 11 is 8.70. The number of H-pyrrole nitrogens is 1. The lowest BCUT2D eigenvalue weighted by atomic mass is 10.1. The highest BCUT2D eigenvalue weighted by molar-refractivity contribution is 7.99. The Morgan fingerprint density at radius 2 is 2.22 bits per heavy atom. The number of hydrogen-bond donors (Lipinski definition) is 1. The highest BCUT2D eigenvalue weighted by Crippen LogP contribution is 2.26. The molecule has 0 fully saturated rings. The monoisotopic (exact) mass is 417 g/mol. The van der Waals surface area contributed by atoms with Gasteiger partial charge in [0, 0.05) is 23.8 Å². The summed E-state index contributed by atoms with van der Waals surface area (Å²) in [5.41, 5.74) is 2.12. The molecule has 0 aliphatic carbocycles. The number of rotatable bonds is 6. The van der Waals surface area contributed by atoms with E-state index in [-0.39, 0.29) is 17.1 Å². The van der Waals surface area contributed by atoms with Crippen LogP contribution >= 0.6 is 34.7 Å². The average Bonchev–Trinajstić information content (AvgIpc) is 3.18. The fourth-order valence-electron chi connectivity index (χ4n) is 2.42. The van der Waals surface area contributed by atoms with Crippen LogP contribution in [0.1, 0.15) is 21.5 Å². The number of thioether (sulfide) groups is 1. The molecule has 0 atom stereocenters. The van der Waals surface area contributed by atoms with E-state index in [1.807, 2.05) is 24.4 Å². The third kappa shape index (κ3) is 4.55. The minimum absolute atomic E-state index is 0.0562. The van der Waals surface area contributed by atoms with Crippen LogP contribution in [0.4, 0.5) is 0 Å². The van der Waals surface area contributed by atoms with Gasteiger partial charge < -0.3 is 4.98 Å². The van der Waals surface area contributed by atoms with Gasteiger partial charge in [-0.3, -0.25) is 14.6 Å². The van der Waals surface area contributed by atoms with Gasteiger partial charge in [0.15, 0.2) is 10.9 Å². The first kappa shape index (κ1) is 19.5. The summed E-state index contributed by atoms with van der Waals surface area (Å²) in [7, 11) is 1.60. The van der Waals surface area contributed by atoms with Gasteiger partial charge in [-0.1, -0.05) is 29.4 Å². The Morgan fingerprint density at radius 1 is 1.41 bits per heavy atom. The number of carbonyl (C=O) groups is 1. The number of carbonyl (C=O) groups excluding carboxylic acids is 1. The summed E-state index contributed by atoms with van der Waals surface area (Å²) in [4.78, 5) is 37.0. The zero-order valence-corrected chi connectivity index (χ0v) is 17.0. The zero-order valence-electron chi connectivity index (χ0n) is 14.7. The molecule has 0 saturated heterocycles. The Labute approximate surface area is 169 Å². The van der Waals surface area contributed by atoms with Crippen LogP contribution in [0.2, 0.25) is 5.02 Å². The number of hydrogen-bond acceptors (Lipinski definition) is 6. The molecule has 0 amide bonds. The molecule has 138 valence electrons. The number of aryl methyl sites for hydroxylation is 1. The normalized spacial score (nSPS) is 11.2. The van der Waals surface area contributed by atoms with Crippen LogP contribution < -0.4 is 5.56 Å². The number of Topliss-reactive ketones (excluding diaryl/α,β-unsaturated/α-hetero) is 1. The van der Waals surface area contributed by atoms with Crippen molar-refractivity contribution in [2.45, 2.75) is 12.1 Å². The maximum Gasteiger partial charge on any atom is 0.261 e. The van der Waals surface area contributed by atoms with E-state index >= 15 is 0 Å². The Bertz CT molecular complexity index is 1060. The van der Waals surface area contributed by atoms with Crippen molar-refractivity contribution in [1.29, 1.82) is 0 Å². The second-order valence-corrected chi connectivity index (χ2v) is 7.99. The molecule has 3 rings (SSSR count). The van der Waals surface area contributed by atoms with Crippen LogP contribution in [0.3, 0.4) is 0 Å². The number of aromatic amines is 1. The molecule has 2 heterocycles. The minimum atomic E-state index is -0.281. The summed E-state index contributed by atoms with van der Waals surface area (Å²) < 4.78 is 0. The largest absolute Gasteiger partial charge is 0.301 e. The topological polar surface area (TPSA) is 75.2 Å². The lowest BCUT2D eigenvalue weighted by molar-refractivity contribution is 0.102. The molecule has 0 aliphatic rings. The molecule has 0 spiro atoms. The van der Waals surface area contributed by atoms with Gasteiger partial charge >= 0.3 is 0 Å². The van der Waals surface area contributed by atoms with E-state index in [0.29, 0.717) is 27.0 Å². The van der Waals surface area contributed by atoms with Crippen molar-refractivity contribution in [2.24, 2.45) is 4.99 Å². The van der Waals surface area contributed by atoms with Gasteiger partial charge in [-0.15, -0.1) is 11.3 Å². The molecule has 1 aromatic carbocycles. The number of halogens is 1. The number of aromatic nitrogens is 2. The van der Waals surface area contributed by atoms with Crippen molar-refractivity contribution < 1.29 is 4.79 Å². The maximum atomic E-state index is 12.4. The van der Waals surface area contributed by atoms with Crippen LogP contribution in [0.25, 0.3) is 10.6 Å². The predicted molar refractivity (Wildman–Crippen MR) is 113 cm³/mol. The van der Waals surface area contributed by atoms with Crippen LogP contribution in [0.5, 0.6) is 0 Å². The molecule has 2 aromatic heterocycles. The number of thiophene rings is 1. The van der Waals surface area contributed by atoms with Crippen molar-refractivity contribution in [3.05, 3.63) is 67.8 Å². The van der Waals surface area contributed by atoms with Gasteiger partial charge in [0.05, 0.1) is 21.9 Å². The third-order valence-electron chi connectivity index (χ3n) is 3.77. The van der Waals surface area contributed by atoms with Crippen molar-refractivity contribution in [3.63, 3.8) is 0 Å². The SMILES string of the molecule is CN=Cc1c(-c2cccs2)nc(SCC(=O)c2ccc(Cl)c(C)c2)[nH]c1=O. The molecular weight excluding hydrogens is 402 g/mol. The van der Waals surface area contributed by atoms with E-state index in [9.17, 15) is 9.59 Å². The van der Waals surface area contributed by atoms with Gasteiger partial charge in [-0.05, 0) is 42.1 Å². The quantitative estimate of drug-likeness (QED) is 0.277. The highest BCUT2D eigenvalue weighted by Gasteiger charge is 2.15. The van der Waals surface area contributed by atoms with Crippen molar-refractivity contribution >= 4 is 46.7 Å². The van der Waals surface area contributed by atoms with E-state index < -0.39 is 0 Å². The summed E-state index contributed by atoms with van der Waals surface area (Å²) in [6.07, 6.45) is 1.50. The first-order chi connectivity index (χ1) is 13.0. The first-order valence-electron chi connectivity index (χ1n) is 8.02. The van der Waals surface area contributed by atoms with Crippen molar-refractivity contribution in [1.82, 2.24) is 9.97 Å². The highest BCUT2D eigenvalue weighted by atomic mass is 35.5. The number of nitrogens with one attached hydrogen (secondary N) is 1. The summed E-state index contributed by atoms with van der Waals surface area (Å²) in [6, 6.07) is 8.97. The van der Waals surface area contributed by atoms with E-state index in [0.717, 1.165) is 10.4 Å². The first-order valence-corrected chi connectivity index (χ1v) is 10.3. The number of ketones is 1. The third-order valence-corrected chi connectivity index (χ3v) is 5.94. The Kier molecular flexibility index (Phi) is 6.26. The molecule has 0 saturated carbocycles. The van der Waals surface area contributed by atoms with Gasteiger partial charge in [0.1, 0.15) is 0 Å². The molecule has 0 radical (unpaired) electrons. The van der Waals surface area contributed by atoms with Gasteiger partial charge in [-0.25, -0.2) is 4.98 Å². The summed E-state index contributed by atoms with van der Waals surface area (Å²) in [6.45, 7) is 1.85. The lowest BCUT2D eigenvalue weighted by Gasteiger charge is -2.07. The summed E-state index contributed by atoms with van der Waals surface area (Å²) in [5.74, 6) is 0.106. The van der Waals surface area contributed by atoms with Crippen molar-refractivity contribution in [3.8, 4) is 10.6 Å². The molecule has 3 aromatic rings. The van der Waals surface area contributed by atoms with Crippen LogP contribution in [0.15, 0.2) is 50.7 Å². The Balaban J connectivity index is 1.86. The lowest BCUT2D eigenvalue weighted by Crippen LogP contribution is -2.17. The molecule has 5 nitrogen and oxygen atoms in total. The number of benzene rings is 1. The minimum Gasteiger partial charge on any atom is -0.301 e. The molecular formula is C19H16ClN3O2S2. The summed E-state index contributed by atoms with van der Waals surface area (Å²) in [5, 5.41) is 2.94. The van der Waals surface area contributed by atoms with Crippen molar-refractivity contribution in [2.75, 3.05) is 12.8 Å². The van der Waals surface area contributed by atoms with Crippen LogP contribution in [-0.4, -0.2) is 34.8 Å². The fraction of sp³-hybridized carbons (Fsp3) is 0.158. The maximum absolute atomic E-state index is 12.4. The van der Waals surface area contributed by atoms with Gasteiger partial charge in [0.2, 0.25) is 0 Å². The molecule has 0 bridgehead atoms. The van der Waals surface area contributed by atoms with Crippen LogP contribution in [0, 0.1) is 6.92 Å². The smallest absolute Gasteiger partial charge is 0.261 e.